The number of ether oxygens (including phenoxy) is 1. The zero-order chi connectivity index (χ0) is 20.8. The van der Waals surface area contributed by atoms with Crippen LogP contribution in [0.15, 0.2) is 53.4 Å². The average Bonchev–Trinajstić information content (AvgIpc) is 2.97. The number of imide groups is 1. The number of benzene rings is 2. The van der Waals surface area contributed by atoms with Gasteiger partial charge in [0.15, 0.2) is 11.5 Å². The topological polar surface area (TPSA) is 95.9 Å². The minimum atomic E-state index is -0.527. The van der Waals surface area contributed by atoms with Crippen LogP contribution in [0.1, 0.15) is 18.1 Å². The summed E-state index contributed by atoms with van der Waals surface area (Å²) in [4.78, 5) is 38.0. The molecule has 0 spiro atoms. The van der Waals surface area contributed by atoms with E-state index < -0.39 is 17.1 Å². The fraction of sp³-hybridized carbons (Fsp3) is 0.190. The summed E-state index contributed by atoms with van der Waals surface area (Å²) < 4.78 is 5.33. The molecular weight excluding hydrogens is 392 g/mol. The molecule has 3 rings (SSSR count). The number of carbonyl (C=O) groups excluding carboxylic acids is 3. The van der Waals surface area contributed by atoms with Crippen LogP contribution in [0, 0.1) is 0 Å². The van der Waals surface area contributed by atoms with Crippen molar-refractivity contribution in [1.29, 1.82) is 0 Å². The van der Waals surface area contributed by atoms with Gasteiger partial charge in [-0.2, -0.15) is 0 Å². The van der Waals surface area contributed by atoms with Crippen molar-refractivity contribution in [2.75, 3.05) is 13.2 Å². The Morgan fingerprint density at radius 2 is 1.97 bits per heavy atom. The lowest BCUT2D eigenvalue weighted by atomic mass is 10.2. The summed E-state index contributed by atoms with van der Waals surface area (Å²) in [5.41, 5.74) is 1.53. The first-order chi connectivity index (χ1) is 14.0. The zero-order valence-electron chi connectivity index (χ0n) is 15.8. The van der Waals surface area contributed by atoms with Crippen molar-refractivity contribution >= 4 is 34.9 Å². The van der Waals surface area contributed by atoms with Gasteiger partial charge in [0.2, 0.25) is 5.91 Å². The van der Waals surface area contributed by atoms with E-state index in [0.717, 1.165) is 22.2 Å². The fourth-order valence-corrected chi connectivity index (χ4v) is 3.51. The number of rotatable bonds is 7. The summed E-state index contributed by atoms with van der Waals surface area (Å²) in [6, 6.07) is 14.0. The highest BCUT2D eigenvalue weighted by Gasteiger charge is 2.36. The quantitative estimate of drug-likeness (QED) is 0.679. The maximum Gasteiger partial charge on any atom is 0.294 e. The highest BCUT2D eigenvalue weighted by Crippen LogP contribution is 2.34. The van der Waals surface area contributed by atoms with Gasteiger partial charge in [-0.1, -0.05) is 36.4 Å². The van der Waals surface area contributed by atoms with E-state index >= 15 is 0 Å². The van der Waals surface area contributed by atoms with Gasteiger partial charge in [0, 0.05) is 6.54 Å². The number of nitrogens with zero attached hydrogens (tertiary/aromatic N) is 1. The van der Waals surface area contributed by atoms with Crippen LogP contribution >= 0.6 is 11.8 Å². The van der Waals surface area contributed by atoms with Crippen LogP contribution in [0.25, 0.3) is 6.08 Å². The van der Waals surface area contributed by atoms with Crippen molar-refractivity contribution in [3.8, 4) is 11.5 Å². The first kappa shape index (κ1) is 20.5. The van der Waals surface area contributed by atoms with E-state index in [2.05, 4.69) is 5.32 Å². The molecule has 1 fully saturated rings. The fourth-order valence-electron chi connectivity index (χ4n) is 2.68. The Morgan fingerprint density at radius 3 is 2.69 bits per heavy atom. The molecule has 8 heteroatoms. The standard InChI is InChI=1S/C21H20N2O5S/c1-2-28-17-10-15(8-9-16(17)24)11-18-20(26)23(21(27)29-18)13-19(25)22-12-14-6-4-3-5-7-14/h3-11,24H,2,12-13H2,1H3,(H,22,25)/b18-11-. The Kier molecular flexibility index (Phi) is 6.56. The number of phenolic OH excluding ortho intramolecular Hbond substituents is 1. The third kappa shape index (κ3) is 5.17. The van der Waals surface area contributed by atoms with Crippen LogP contribution in [0.3, 0.4) is 0 Å². The minimum absolute atomic E-state index is 0.00723. The average molecular weight is 412 g/mol. The second-order valence-electron chi connectivity index (χ2n) is 6.19. The lowest BCUT2D eigenvalue weighted by Crippen LogP contribution is -2.39. The molecule has 2 N–H and O–H groups in total. The number of aromatic hydroxyl groups is 1. The first-order valence-electron chi connectivity index (χ1n) is 8.99. The lowest BCUT2D eigenvalue weighted by molar-refractivity contribution is -0.129. The van der Waals surface area contributed by atoms with E-state index in [9.17, 15) is 19.5 Å². The number of thioether (sulfide) groups is 1. The molecule has 0 saturated carbocycles. The summed E-state index contributed by atoms with van der Waals surface area (Å²) >= 11 is 0.772. The molecule has 0 bridgehead atoms. The molecule has 2 aromatic carbocycles. The Balaban J connectivity index is 1.65. The van der Waals surface area contributed by atoms with Gasteiger partial charge in [-0.25, -0.2) is 0 Å². The van der Waals surface area contributed by atoms with Gasteiger partial charge in [-0.05, 0) is 48.0 Å². The Morgan fingerprint density at radius 1 is 1.21 bits per heavy atom. The second kappa shape index (κ2) is 9.29. The third-order valence-electron chi connectivity index (χ3n) is 4.09. The number of phenols is 1. The smallest absolute Gasteiger partial charge is 0.294 e. The second-order valence-corrected chi connectivity index (χ2v) is 7.18. The van der Waals surface area contributed by atoms with E-state index in [0.29, 0.717) is 24.5 Å². The van der Waals surface area contributed by atoms with Crippen molar-refractivity contribution in [2.24, 2.45) is 0 Å². The molecule has 0 aromatic heterocycles. The monoisotopic (exact) mass is 412 g/mol. The molecule has 0 atom stereocenters. The molecule has 1 aliphatic heterocycles. The van der Waals surface area contributed by atoms with Gasteiger partial charge in [-0.15, -0.1) is 0 Å². The van der Waals surface area contributed by atoms with Crippen molar-refractivity contribution < 1.29 is 24.2 Å². The number of amides is 3. The highest BCUT2D eigenvalue weighted by molar-refractivity contribution is 8.18. The Hall–Kier alpha value is -3.26. The van der Waals surface area contributed by atoms with E-state index in [1.165, 1.54) is 12.1 Å². The molecule has 2 aromatic rings. The molecule has 0 unspecified atom stereocenters. The lowest BCUT2D eigenvalue weighted by Gasteiger charge is -2.12. The summed E-state index contributed by atoms with van der Waals surface area (Å²) in [6.45, 7) is 2.15. The van der Waals surface area contributed by atoms with Crippen molar-refractivity contribution in [3.05, 3.63) is 64.6 Å². The Bertz CT molecular complexity index is 959. The van der Waals surface area contributed by atoms with Crippen LogP contribution in [0.5, 0.6) is 11.5 Å². The van der Waals surface area contributed by atoms with Gasteiger partial charge in [0.25, 0.3) is 11.1 Å². The van der Waals surface area contributed by atoms with Crippen molar-refractivity contribution in [2.45, 2.75) is 13.5 Å². The summed E-state index contributed by atoms with van der Waals surface area (Å²) in [7, 11) is 0. The van der Waals surface area contributed by atoms with E-state index in [4.69, 9.17) is 4.74 Å². The minimum Gasteiger partial charge on any atom is -0.504 e. The predicted octanol–water partition coefficient (Wildman–Crippen LogP) is 3.14. The van der Waals surface area contributed by atoms with Gasteiger partial charge in [-0.3, -0.25) is 19.3 Å². The molecule has 1 saturated heterocycles. The molecule has 3 amide bonds. The van der Waals surface area contributed by atoms with Crippen LogP contribution in [0.4, 0.5) is 4.79 Å². The predicted molar refractivity (Wildman–Crippen MR) is 110 cm³/mol. The molecule has 1 aliphatic rings. The first-order valence-corrected chi connectivity index (χ1v) is 9.81. The molecule has 150 valence electrons. The van der Waals surface area contributed by atoms with Gasteiger partial charge >= 0.3 is 0 Å². The maximum atomic E-state index is 12.6. The molecule has 1 heterocycles. The Labute approximate surface area is 172 Å². The van der Waals surface area contributed by atoms with Crippen molar-refractivity contribution in [3.63, 3.8) is 0 Å². The van der Waals surface area contributed by atoms with Crippen molar-refractivity contribution in [1.82, 2.24) is 10.2 Å². The normalized spacial score (nSPS) is 15.1. The van der Waals surface area contributed by atoms with Crippen LogP contribution in [0.2, 0.25) is 0 Å². The maximum absolute atomic E-state index is 12.6. The van der Waals surface area contributed by atoms with E-state index in [-0.39, 0.29) is 17.2 Å². The number of nitrogens with one attached hydrogen (secondary N) is 1. The largest absolute Gasteiger partial charge is 0.504 e. The van der Waals surface area contributed by atoms with Gasteiger partial charge in [0.1, 0.15) is 6.54 Å². The summed E-state index contributed by atoms with van der Waals surface area (Å²) in [6.07, 6.45) is 1.54. The molecular formula is C21H20N2O5S. The SMILES string of the molecule is CCOc1cc(/C=C2\SC(=O)N(CC(=O)NCc3ccccc3)C2=O)ccc1O. The molecule has 0 aliphatic carbocycles. The molecule has 29 heavy (non-hydrogen) atoms. The molecule has 7 nitrogen and oxygen atoms in total. The summed E-state index contributed by atoms with van der Waals surface area (Å²) in [5.74, 6) is -0.658. The number of hydrogen-bond donors (Lipinski definition) is 2. The van der Waals surface area contributed by atoms with Crippen LogP contribution in [-0.4, -0.2) is 40.2 Å². The van der Waals surface area contributed by atoms with Crippen LogP contribution in [-0.2, 0) is 16.1 Å². The zero-order valence-corrected chi connectivity index (χ0v) is 16.6. The van der Waals surface area contributed by atoms with E-state index in [1.807, 2.05) is 30.3 Å². The van der Waals surface area contributed by atoms with Gasteiger partial charge < -0.3 is 15.2 Å². The number of carbonyl (C=O) groups is 3. The molecule has 0 radical (unpaired) electrons. The van der Waals surface area contributed by atoms with E-state index in [1.54, 1.807) is 19.1 Å². The number of hydrogen-bond acceptors (Lipinski definition) is 6. The van der Waals surface area contributed by atoms with Crippen LogP contribution < -0.4 is 10.1 Å². The highest BCUT2D eigenvalue weighted by atomic mass is 32.2. The third-order valence-corrected chi connectivity index (χ3v) is 5.00. The summed E-state index contributed by atoms with van der Waals surface area (Å²) in [5, 5.41) is 12.0. The van der Waals surface area contributed by atoms with Gasteiger partial charge in [0.05, 0.1) is 11.5 Å².